The average Bonchev–Trinajstić information content (AvgIpc) is 3.30. The lowest BCUT2D eigenvalue weighted by Crippen LogP contribution is -2.38. The molecule has 0 bridgehead atoms. The number of aliphatic hydroxyl groups is 1. The van der Waals surface area contributed by atoms with Crippen LogP contribution in [-0.2, 0) is 16.1 Å². The zero-order valence-corrected chi connectivity index (χ0v) is 23.9. The van der Waals surface area contributed by atoms with Gasteiger partial charge in [0.25, 0.3) is 11.8 Å². The molecule has 1 saturated heterocycles. The lowest BCUT2D eigenvalue weighted by Gasteiger charge is -2.41. The van der Waals surface area contributed by atoms with E-state index in [1.54, 1.807) is 54.7 Å². The van der Waals surface area contributed by atoms with Gasteiger partial charge in [-0.25, -0.2) is 14.7 Å². The van der Waals surface area contributed by atoms with Crippen LogP contribution in [0, 0.1) is 5.92 Å². The molecule has 2 amide bonds. The molecule has 9 nitrogen and oxygen atoms in total. The lowest BCUT2D eigenvalue weighted by atomic mass is 9.91. The molecule has 4 unspecified atom stereocenters. The maximum Gasteiger partial charge on any atom is 0.338 e. The Hall–Kier alpha value is -4.35. The number of aromatic carboxylic acids is 1. The van der Waals surface area contributed by atoms with E-state index in [0.717, 1.165) is 16.0 Å². The summed E-state index contributed by atoms with van der Waals surface area (Å²) in [7, 11) is 0. The molecule has 2 aliphatic heterocycles. The van der Waals surface area contributed by atoms with Crippen LogP contribution < -0.4 is 4.90 Å². The predicted molar refractivity (Wildman–Crippen MR) is 159 cm³/mol. The molecular formula is C33H28N2O7S. The van der Waals surface area contributed by atoms with Crippen molar-refractivity contribution in [3.63, 3.8) is 0 Å². The summed E-state index contributed by atoms with van der Waals surface area (Å²) in [6.45, 7) is 1.94. The molecule has 4 aromatic rings. The van der Waals surface area contributed by atoms with Gasteiger partial charge in [0.2, 0.25) is 0 Å². The van der Waals surface area contributed by atoms with Crippen LogP contribution in [0.15, 0.2) is 96.2 Å². The fraction of sp³-hybridized carbons (Fsp3) is 0.212. The van der Waals surface area contributed by atoms with Crippen molar-refractivity contribution in [3.8, 4) is 0 Å². The number of carbonyl (C=O) groups excluding carboxylic acids is 2. The third-order valence-corrected chi connectivity index (χ3v) is 8.80. The first-order chi connectivity index (χ1) is 20.9. The highest BCUT2D eigenvalue weighted by Gasteiger charge is 2.40. The van der Waals surface area contributed by atoms with Crippen LogP contribution >= 0.6 is 11.8 Å². The largest absolute Gasteiger partial charge is 0.478 e. The molecule has 0 spiro atoms. The van der Waals surface area contributed by atoms with E-state index >= 15 is 0 Å². The molecule has 4 atom stereocenters. The van der Waals surface area contributed by atoms with Crippen LogP contribution in [-0.4, -0.2) is 44.8 Å². The Morgan fingerprint density at radius 2 is 1.63 bits per heavy atom. The number of carboxylic acids is 1. The van der Waals surface area contributed by atoms with Gasteiger partial charge in [0.15, 0.2) is 6.29 Å². The minimum absolute atomic E-state index is 0.0764. The molecule has 43 heavy (non-hydrogen) atoms. The molecule has 2 aliphatic rings. The van der Waals surface area contributed by atoms with Crippen molar-refractivity contribution in [1.29, 1.82) is 0 Å². The van der Waals surface area contributed by atoms with Crippen LogP contribution in [0.2, 0.25) is 0 Å². The normalized spacial score (nSPS) is 21.6. The van der Waals surface area contributed by atoms with Gasteiger partial charge in [-0.3, -0.25) is 9.59 Å². The lowest BCUT2D eigenvalue weighted by molar-refractivity contribution is -0.268. The fourth-order valence-electron chi connectivity index (χ4n) is 5.37. The van der Waals surface area contributed by atoms with E-state index in [9.17, 15) is 24.6 Å². The Kier molecular flexibility index (Phi) is 8.09. The first-order valence-corrected chi connectivity index (χ1v) is 14.7. The topological polar surface area (TPSA) is 126 Å². The SMILES string of the molecule is CC1C(CSc2ncccc2C(=O)O)OC(c2cccc(N3C(=O)c4ccccc4C3=O)c2)OC1c1ccc(CO)cc1. The highest BCUT2D eigenvalue weighted by molar-refractivity contribution is 7.99. The number of amides is 2. The quantitative estimate of drug-likeness (QED) is 0.196. The maximum absolute atomic E-state index is 13.1. The molecule has 3 aromatic carbocycles. The van der Waals surface area contributed by atoms with Crippen molar-refractivity contribution in [2.75, 3.05) is 10.7 Å². The number of hydrogen-bond donors (Lipinski definition) is 2. The zero-order valence-electron chi connectivity index (χ0n) is 23.1. The van der Waals surface area contributed by atoms with Gasteiger partial charge in [-0.05, 0) is 47.5 Å². The molecule has 0 saturated carbocycles. The molecule has 3 heterocycles. The first-order valence-electron chi connectivity index (χ1n) is 13.7. The van der Waals surface area contributed by atoms with Crippen LogP contribution in [0.4, 0.5) is 5.69 Å². The number of aliphatic hydroxyl groups excluding tert-OH is 1. The summed E-state index contributed by atoms with van der Waals surface area (Å²) in [6.07, 6.45) is -0.0648. The fourth-order valence-corrected chi connectivity index (χ4v) is 6.52. The number of nitrogens with zero attached hydrogens (tertiary/aromatic N) is 2. The minimum atomic E-state index is -1.05. The predicted octanol–water partition coefficient (Wildman–Crippen LogP) is 5.66. The van der Waals surface area contributed by atoms with Crippen molar-refractivity contribution in [2.24, 2.45) is 5.92 Å². The second kappa shape index (κ2) is 12.1. The van der Waals surface area contributed by atoms with Crippen molar-refractivity contribution in [1.82, 2.24) is 4.98 Å². The number of thioether (sulfide) groups is 1. The Labute approximate surface area is 252 Å². The van der Waals surface area contributed by atoms with Crippen LogP contribution in [0.5, 0.6) is 0 Å². The van der Waals surface area contributed by atoms with Gasteiger partial charge >= 0.3 is 5.97 Å². The Bertz CT molecular complexity index is 1660. The number of ether oxygens (including phenoxy) is 2. The van der Waals surface area contributed by atoms with E-state index in [0.29, 0.717) is 33.2 Å². The van der Waals surface area contributed by atoms with Crippen LogP contribution in [0.3, 0.4) is 0 Å². The van der Waals surface area contributed by atoms with Crippen molar-refractivity contribution < 1.29 is 34.1 Å². The Morgan fingerprint density at radius 3 is 2.30 bits per heavy atom. The van der Waals surface area contributed by atoms with E-state index in [4.69, 9.17) is 9.47 Å². The van der Waals surface area contributed by atoms with Gasteiger partial charge < -0.3 is 19.7 Å². The third kappa shape index (κ3) is 5.57. The van der Waals surface area contributed by atoms with E-state index in [1.807, 2.05) is 37.3 Å². The van der Waals surface area contributed by atoms with Gasteiger partial charge in [0, 0.05) is 23.4 Å². The first kappa shape index (κ1) is 28.8. The summed E-state index contributed by atoms with van der Waals surface area (Å²) in [4.78, 5) is 43.5. The summed E-state index contributed by atoms with van der Waals surface area (Å²) >= 11 is 1.30. The maximum atomic E-state index is 13.1. The number of carbonyl (C=O) groups is 3. The summed E-state index contributed by atoms with van der Waals surface area (Å²) in [5, 5.41) is 19.5. The molecule has 0 radical (unpaired) electrons. The molecule has 218 valence electrons. The van der Waals surface area contributed by atoms with Crippen molar-refractivity contribution in [3.05, 3.63) is 125 Å². The molecule has 10 heteroatoms. The zero-order chi connectivity index (χ0) is 30.1. The van der Waals surface area contributed by atoms with E-state index in [2.05, 4.69) is 4.98 Å². The number of aromatic nitrogens is 1. The Balaban J connectivity index is 1.31. The van der Waals surface area contributed by atoms with E-state index < -0.39 is 30.2 Å². The Morgan fingerprint density at radius 1 is 0.907 bits per heavy atom. The van der Waals surface area contributed by atoms with Gasteiger partial charge in [0.1, 0.15) is 5.03 Å². The summed E-state index contributed by atoms with van der Waals surface area (Å²) in [5.41, 5.74) is 3.53. The van der Waals surface area contributed by atoms with Crippen molar-refractivity contribution >= 4 is 35.2 Å². The second-order valence-corrected chi connectivity index (χ2v) is 11.4. The molecule has 1 fully saturated rings. The number of hydrogen-bond acceptors (Lipinski definition) is 8. The highest BCUT2D eigenvalue weighted by atomic mass is 32.2. The number of fused-ring (bicyclic) bond motifs is 1. The molecular weight excluding hydrogens is 568 g/mol. The summed E-state index contributed by atoms with van der Waals surface area (Å²) in [5.74, 6) is -1.57. The van der Waals surface area contributed by atoms with Gasteiger partial charge in [0.05, 0.1) is 41.2 Å². The van der Waals surface area contributed by atoms with Gasteiger partial charge in [-0.1, -0.05) is 55.5 Å². The standard InChI is InChI=1S/C33H28N2O7S/c1-19-27(18-43-29-26(32(39)40)10-5-15-34-29)41-33(42-28(19)21-13-11-20(17-36)12-14-21)22-6-4-7-23(16-22)35-30(37)24-8-2-3-9-25(24)31(35)38/h2-16,19,27-28,33,36H,17-18H2,1H3,(H,39,40). The van der Waals surface area contributed by atoms with Crippen molar-refractivity contribution in [2.45, 2.75) is 37.1 Å². The van der Waals surface area contributed by atoms with Crippen LogP contribution in [0.1, 0.15) is 67.1 Å². The smallest absolute Gasteiger partial charge is 0.338 e. The number of anilines is 1. The molecule has 6 rings (SSSR count). The molecule has 2 N–H and O–H groups in total. The number of benzene rings is 3. The van der Waals surface area contributed by atoms with Crippen LogP contribution in [0.25, 0.3) is 0 Å². The number of carboxylic acid groups (broad SMARTS) is 1. The second-order valence-electron chi connectivity index (χ2n) is 10.4. The summed E-state index contributed by atoms with van der Waals surface area (Å²) in [6, 6.07) is 24.3. The van der Waals surface area contributed by atoms with Gasteiger partial charge in [-0.15, -0.1) is 11.8 Å². The highest BCUT2D eigenvalue weighted by Crippen LogP contribution is 2.44. The molecule has 0 aliphatic carbocycles. The average molecular weight is 597 g/mol. The summed E-state index contributed by atoms with van der Waals surface area (Å²) < 4.78 is 13.0. The number of rotatable bonds is 8. The number of imide groups is 1. The molecule has 1 aromatic heterocycles. The van der Waals surface area contributed by atoms with E-state index in [1.165, 1.54) is 17.8 Å². The van der Waals surface area contributed by atoms with E-state index in [-0.39, 0.29) is 24.2 Å². The number of pyridine rings is 1. The monoisotopic (exact) mass is 596 g/mol. The van der Waals surface area contributed by atoms with Gasteiger partial charge in [-0.2, -0.15) is 0 Å². The minimum Gasteiger partial charge on any atom is -0.478 e. The third-order valence-electron chi connectivity index (χ3n) is 7.70.